The SMILES string of the molecule is COc1ccc(C(O)CCSC)c(OC)c1Br. The molecule has 0 aliphatic rings. The third-order valence-corrected chi connectivity index (χ3v) is 3.87. The van der Waals surface area contributed by atoms with Crippen molar-refractivity contribution in [2.24, 2.45) is 0 Å². The van der Waals surface area contributed by atoms with Gasteiger partial charge in [0.2, 0.25) is 0 Å². The van der Waals surface area contributed by atoms with Crippen LogP contribution in [0.5, 0.6) is 11.5 Å². The molecule has 1 rings (SSSR count). The van der Waals surface area contributed by atoms with Gasteiger partial charge in [-0.05, 0) is 46.5 Å². The van der Waals surface area contributed by atoms with Gasteiger partial charge in [-0.25, -0.2) is 0 Å². The van der Waals surface area contributed by atoms with E-state index in [9.17, 15) is 5.11 Å². The maximum absolute atomic E-state index is 10.1. The standard InChI is InChI=1S/C12H17BrO3S/c1-15-10-5-4-8(9(14)6-7-17-3)12(16-2)11(10)13/h4-5,9,14H,6-7H2,1-3H3. The minimum Gasteiger partial charge on any atom is -0.495 e. The average molecular weight is 321 g/mol. The van der Waals surface area contributed by atoms with Crippen LogP contribution in [-0.4, -0.2) is 31.3 Å². The van der Waals surface area contributed by atoms with Crippen molar-refractivity contribution in [2.45, 2.75) is 12.5 Å². The van der Waals surface area contributed by atoms with Crippen LogP contribution in [0.1, 0.15) is 18.1 Å². The van der Waals surface area contributed by atoms with E-state index in [1.54, 1.807) is 26.0 Å². The quantitative estimate of drug-likeness (QED) is 0.873. The Bertz CT molecular complexity index is 371. The summed E-state index contributed by atoms with van der Waals surface area (Å²) in [4.78, 5) is 0. The molecule has 1 atom stereocenters. The number of halogens is 1. The number of ether oxygens (including phenoxy) is 2. The molecular formula is C12H17BrO3S. The summed E-state index contributed by atoms with van der Waals surface area (Å²) in [5.74, 6) is 2.24. The predicted octanol–water partition coefficient (Wildman–Crippen LogP) is 3.25. The van der Waals surface area contributed by atoms with Crippen molar-refractivity contribution in [2.75, 3.05) is 26.2 Å². The Morgan fingerprint density at radius 1 is 1.35 bits per heavy atom. The molecule has 0 spiro atoms. The van der Waals surface area contributed by atoms with Gasteiger partial charge in [0.05, 0.1) is 20.3 Å². The Kier molecular flexibility index (Phi) is 6.16. The summed E-state index contributed by atoms with van der Waals surface area (Å²) < 4.78 is 11.3. The van der Waals surface area contributed by atoms with Crippen LogP contribution >= 0.6 is 27.7 Å². The highest BCUT2D eigenvalue weighted by molar-refractivity contribution is 9.10. The summed E-state index contributed by atoms with van der Waals surface area (Å²) >= 11 is 5.14. The van der Waals surface area contributed by atoms with E-state index < -0.39 is 6.10 Å². The number of aliphatic hydroxyl groups is 1. The highest BCUT2D eigenvalue weighted by atomic mass is 79.9. The molecule has 0 saturated carbocycles. The molecule has 0 radical (unpaired) electrons. The van der Waals surface area contributed by atoms with Gasteiger partial charge < -0.3 is 14.6 Å². The fourth-order valence-corrected chi connectivity index (χ4v) is 2.71. The first-order valence-corrected chi connectivity index (χ1v) is 7.41. The lowest BCUT2D eigenvalue weighted by Gasteiger charge is -2.17. The van der Waals surface area contributed by atoms with Gasteiger partial charge in [0.15, 0.2) is 0 Å². The van der Waals surface area contributed by atoms with Crippen LogP contribution in [0.25, 0.3) is 0 Å². The molecule has 0 bridgehead atoms. The van der Waals surface area contributed by atoms with Crippen molar-refractivity contribution in [3.63, 3.8) is 0 Å². The molecule has 0 aromatic heterocycles. The molecule has 0 heterocycles. The topological polar surface area (TPSA) is 38.7 Å². The number of rotatable bonds is 6. The Morgan fingerprint density at radius 2 is 2.06 bits per heavy atom. The summed E-state index contributed by atoms with van der Waals surface area (Å²) in [6.07, 6.45) is 2.21. The highest BCUT2D eigenvalue weighted by Gasteiger charge is 2.18. The fraction of sp³-hybridized carbons (Fsp3) is 0.500. The van der Waals surface area contributed by atoms with E-state index in [2.05, 4.69) is 15.9 Å². The fourth-order valence-electron chi connectivity index (χ4n) is 1.57. The summed E-state index contributed by atoms with van der Waals surface area (Å²) in [5.41, 5.74) is 0.786. The minimum atomic E-state index is -0.514. The molecular weight excluding hydrogens is 304 g/mol. The number of hydrogen-bond acceptors (Lipinski definition) is 4. The summed E-state index contributed by atoms with van der Waals surface area (Å²) in [6.45, 7) is 0. The van der Waals surface area contributed by atoms with Crippen molar-refractivity contribution < 1.29 is 14.6 Å². The molecule has 0 saturated heterocycles. The molecule has 96 valence electrons. The summed E-state index contributed by atoms with van der Waals surface area (Å²) in [5, 5.41) is 10.1. The van der Waals surface area contributed by atoms with E-state index in [0.29, 0.717) is 17.9 Å². The van der Waals surface area contributed by atoms with Crippen molar-refractivity contribution >= 4 is 27.7 Å². The van der Waals surface area contributed by atoms with Gasteiger partial charge in [0, 0.05) is 5.56 Å². The molecule has 3 nitrogen and oxygen atoms in total. The van der Waals surface area contributed by atoms with Gasteiger partial charge >= 0.3 is 0 Å². The Morgan fingerprint density at radius 3 is 2.59 bits per heavy atom. The van der Waals surface area contributed by atoms with Crippen molar-refractivity contribution in [1.82, 2.24) is 0 Å². The molecule has 0 aliphatic carbocycles. The minimum absolute atomic E-state index is 0.514. The van der Waals surface area contributed by atoms with Crippen LogP contribution in [0.15, 0.2) is 16.6 Å². The number of aliphatic hydroxyl groups excluding tert-OH is 1. The maximum atomic E-state index is 10.1. The molecule has 1 N–H and O–H groups in total. The van der Waals surface area contributed by atoms with Gasteiger partial charge in [0.1, 0.15) is 16.0 Å². The van der Waals surface area contributed by atoms with Crippen LogP contribution in [-0.2, 0) is 0 Å². The van der Waals surface area contributed by atoms with Gasteiger partial charge in [-0.3, -0.25) is 0 Å². The Hall–Kier alpha value is -0.390. The molecule has 5 heteroatoms. The van der Waals surface area contributed by atoms with Gasteiger partial charge in [-0.1, -0.05) is 0 Å². The van der Waals surface area contributed by atoms with Crippen molar-refractivity contribution in [1.29, 1.82) is 0 Å². The third kappa shape index (κ3) is 3.53. The Balaban J connectivity index is 3.03. The van der Waals surface area contributed by atoms with Crippen molar-refractivity contribution in [3.05, 3.63) is 22.2 Å². The lowest BCUT2D eigenvalue weighted by molar-refractivity contribution is 0.170. The first-order valence-electron chi connectivity index (χ1n) is 5.23. The van der Waals surface area contributed by atoms with E-state index in [-0.39, 0.29) is 0 Å². The average Bonchev–Trinajstić information content (AvgIpc) is 2.35. The molecule has 1 aromatic carbocycles. The Labute approximate surface area is 115 Å². The monoisotopic (exact) mass is 320 g/mol. The summed E-state index contributed by atoms with van der Waals surface area (Å²) in [6, 6.07) is 3.66. The number of thioether (sulfide) groups is 1. The summed E-state index contributed by atoms with van der Waals surface area (Å²) in [7, 11) is 3.19. The van der Waals surface area contributed by atoms with Crippen LogP contribution < -0.4 is 9.47 Å². The normalized spacial score (nSPS) is 12.3. The van der Waals surface area contributed by atoms with Crippen LogP contribution in [0.4, 0.5) is 0 Å². The molecule has 17 heavy (non-hydrogen) atoms. The largest absolute Gasteiger partial charge is 0.495 e. The number of benzene rings is 1. The van der Waals surface area contributed by atoms with Crippen LogP contribution in [0.3, 0.4) is 0 Å². The first kappa shape index (κ1) is 14.7. The second kappa shape index (κ2) is 7.13. The van der Waals surface area contributed by atoms with Crippen molar-refractivity contribution in [3.8, 4) is 11.5 Å². The van der Waals surface area contributed by atoms with E-state index in [1.165, 1.54) is 0 Å². The zero-order valence-electron chi connectivity index (χ0n) is 10.2. The lowest BCUT2D eigenvalue weighted by Crippen LogP contribution is -2.03. The first-order chi connectivity index (χ1) is 8.15. The van der Waals surface area contributed by atoms with Gasteiger partial charge in [-0.15, -0.1) is 0 Å². The molecule has 1 aromatic rings. The van der Waals surface area contributed by atoms with E-state index in [4.69, 9.17) is 9.47 Å². The van der Waals surface area contributed by atoms with Crippen LogP contribution in [0, 0.1) is 0 Å². The van der Waals surface area contributed by atoms with E-state index >= 15 is 0 Å². The van der Waals surface area contributed by atoms with E-state index in [0.717, 1.165) is 15.8 Å². The number of hydrogen-bond donors (Lipinski definition) is 1. The molecule has 0 fully saturated rings. The third-order valence-electron chi connectivity index (χ3n) is 2.47. The predicted molar refractivity (Wildman–Crippen MR) is 75.2 cm³/mol. The van der Waals surface area contributed by atoms with Gasteiger partial charge in [-0.2, -0.15) is 11.8 Å². The lowest BCUT2D eigenvalue weighted by atomic mass is 10.1. The zero-order chi connectivity index (χ0) is 12.8. The molecule has 0 aliphatic heterocycles. The maximum Gasteiger partial charge on any atom is 0.142 e. The highest BCUT2D eigenvalue weighted by Crippen LogP contribution is 2.40. The molecule has 0 amide bonds. The second-order valence-electron chi connectivity index (χ2n) is 3.50. The van der Waals surface area contributed by atoms with Crippen LogP contribution in [0.2, 0.25) is 0 Å². The molecule has 1 unspecified atom stereocenters. The van der Waals surface area contributed by atoms with Gasteiger partial charge in [0.25, 0.3) is 0 Å². The van der Waals surface area contributed by atoms with E-state index in [1.807, 2.05) is 18.4 Å². The zero-order valence-corrected chi connectivity index (χ0v) is 12.6. The smallest absolute Gasteiger partial charge is 0.142 e. The number of methoxy groups -OCH3 is 2. The second-order valence-corrected chi connectivity index (χ2v) is 5.28.